The smallest absolute Gasteiger partial charge is 0.158 e. The molecule has 0 aliphatic rings. The average Bonchev–Trinajstić information content (AvgIpc) is 2.31. The van der Waals surface area contributed by atoms with Crippen molar-refractivity contribution in [3.63, 3.8) is 0 Å². The highest BCUT2D eigenvalue weighted by atomic mass is 32.2. The fourth-order valence-corrected chi connectivity index (χ4v) is 3.29. The monoisotopic (exact) mass is 279 g/mol. The van der Waals surface area contributed by atoms with Gasteiger partial charge >= 0.3 is 0 Å². The molecular weight excluding hydrogens is 265 g/mol. The van der Waals surface area contributed by atoms with E-state index in [0.717, 1.165) is 0 Å². The van der Waals surface area contributed by atoms with Gasteiger partial charge in [-0.15, -0.1) is 0 Å². The van der Waals surface area contributed by atoms with Gasteiger partial charge in [0.2, 0.25) is 0 Å². The number of hydrogen-bond acceptors (Lipinski definition) is 3. The van der Waals surface area contributed by atoms with Crippen LogP contribution in [0.25, 0.3) is 0 Å². The van der Waals surface area contributed by atoms with Gasteiger partial charge in [0.05, 0.1) is 11.5 Å². The number of nitrogens with two attached hydrogens (primary N) is 1. The van der Waals surface area contributed by atoms with Crippen molar-refractivity contribution in [2.24, 2.45) is 0 Å². The molecule has 0 heterocycles. The molecule has 2 aromatic carbocycles. The van der Waals surface area contributed by atoms with E-state index in [0.29, 0.717) is 16.8 Å². The molecular formula is C14H14FNO2S. The molecule has 0 fully saturated rings. The van der Waals surface area contributed by atoms with Crippen molar-refractivity contribution in [3.05, 3.63) is 65.5 Å². The molecule has 3 nitrogen and oxygen atoms in total. The van der Waals surface area contributed by atoms with Gasteiger partial charge in [-0.05, 0) is 35.4 Å². The molecule has 0 aromatic heterocycles. The van der Waals surface area contributed by atoms with Gasteiger partial charge in [-0.25, -0.2) is 12.8 Å². The molecule has 0 saturated carbocycles. The van der Waals surface area contributed by atoms with Gasteiger partial charge in [0.15, 0.2) is 9.84 Å². The Kier molecular flexibility index (Phi) is 3.85. The van der Waals surface area contributed by atoms with Crippen LogP contribution in [0.2, 0.25) is 0 Å². The molecule has 2 rings (SSSR count). The first kappa shape index (κ1) is 13.5. The van der Waals surface area contributed by atoms with Crippen molar-refractivity contribution >= 4 is 15.5 Å². The maximum Gasteiger partial charge on any atom is 0.158 e. The largest absolute Gasteiger partial charge is 0.399 e. The summed E-state index contributed by atoms with van der Waals surface area (Å²) in [6.45, 7) is 0. The zero-order valence-corrected chi connectivity index (χ0v) is 11.0. The number of anilines is 1. The molecule has 0 amide bonds. The quantitative estimate of drug-likeness (QED) is 0.875. The SMILES string of the molecule is Nc1ccc(CS(=O)(=O)Cc2cccc(F)c2)cc1. The average molecular weight is 279 g/mol. The Bertz CT molecular complexity index is 666. The van der Waals surface area contributed by atoms with Crippen molar-refractivity contribution in [2.75, 3.05) is 5.73 Å². The zero-order valence-electron chi connectivity index (χ0n) is 10.2. The second kappa shape index (κ2) is 5.40. The third-order valence-corrected chi connectivity index (χ3v) is 4.19. The standard InChI is InChI=1S/C14H14FNO2S/c15-13-3-1-2-12(8-13)10-19(17,18)9-11-4-6-14(16)7-5-11/h1-8H,9-10,16H2. The minimum atomic E-state index is -3.32. The number of sulfone groups is 1. The Morgan fingerprint density at radius 2 is 1.58 bits per heavy atom. The maximum atomic E-state index is 13.0. The van der Waals surface area contributed by atoms with E-state index in [-0.39, 0.29) is 11.5 Å². The van der Waals surface area contributed by atoms with E-state index in [1.165, 1.54) is 18.2 Å². The Morgan fingerprint density at radius 3 is 2.21 bits per heavy atom. The van der Waals surface area contributed by atoms with Crippen molar-refractivity contribution < 1.29 is 12.8 Å². The summed E-state index contributed by atoms with van der Waals surface area (Å²) < 4.78 is 37.0. The molecule has 0 atom stereocenters. The normalized spacial score (nSPS) is 11.4. The van der Waals surface area contributed by atoms with Crippen molar-refractivity contribution in [3.8, 4) is 0 Å². The molecule has 100 valence electrons. The van der Waals surface area contributed by atoms with Crippen LogP contribution >= 0.6 is 0 Å². The lowest BCUT2D eigenvalue weighted by Crippen LogP contribution is -2.07. The van der Waals surface area contributed by atoms with Crippen LogP contribution in [-0.4, -0.2) is 8.42 Å². The van der Waals surface area contributed by atoms with Crippen LogP contribution < -0.4 is 5.73 Å². The van der Waals surface area contributed by atoms with Crippen molar-refractivity contribution in [1.29, 1.82) is 0 Å². The number of benzene rings is 2. The summed E-state index contributed by atoms with van der Waals surface area (Å²) in [5, 5.41) is 0. The third-order valence-electron chi connectivity index (χ3n) is 2.64. The second-order valence-corrected chi connectivity index (χ2v) is 6.47. The van der Waals surface area contributed by atoms with Gasteiger partial charge in [0, 0.05) is 5.69 Å². The number of rotatable bonds is 4. The predicted octanol–water partition coefficient (Wildman–Crippen LogP) is 2.52. The Hall–Kier alpha value is -1.88. The highest BCUT2D eigenvalue weighted by Crippen LogP contribution is 2.14. The van der Waals surface area contributed by atoms with Crippen LogP contribution in [0.4, 0.5) is 10.1 Å². The van der Waals surface area contributed by atoms with Gasteiger partial charge in [0.25, 0.3) is 0 Å². The molecule has 2 N–H and O–H groups in total. The molecule has 5 heteroatoms. The minimum Gasteiger partial charge on any atom is -0.399 e. The summed E-state index contributed by atoms with van der Waals surface area (Å²) >= 11 is 0. The highest BCUT2D eigenvalue weighted by molar-refractivity contribution is 7.89. The fourth-order valence-electron chi connectivity index (χ4n) is 1.80. The second-order valence-electron chi connectivity index (χ2n) is 4.40. The van der Waals surface area contributed by atoms with Crippen LogP contribution in [-0.2, 0) is 21.3 Å². The molecule has 2 aromatic rings. The lowest BCUT2D eigenvalue weighted by Gasteiger charge is -2.05. The van der Waals surface area contributed by atoms with Crippen molar-refractivity contribution in [2.45, 2.75) is 11.5 Å². The van der Waals surface area contributed by atoms with Crippen LogP contribution in [0.15, 0.2) is 48.5 Å². The first-order valence-corrected chi connectivity index (χ1v) is 7.56. The topological polar surface area (TPSA) is 60.2 Å². The van der Waals surface area contributed by atoms with E-state index in [2.05, 4.69) is 0 Å². The van der Waals surface area contributed by atoms with Crippen LogP contribution in [0.3, 0.4) is 0 Å². The van der Waals surface area contributed by atoms with Gasteiger partial charge < -0.3 is 5.73 Å². The van der Waals surface area contributed by atoms with E-state index in [4.69, 9.17) is 5.73 Å². The maximum absolute atomic E-state index is 13.0. The lowest BCUT2D eigenvalue weighted by molar-refractivity contribution is 0.594. The summed E-state index contributed by atoms with van der Waals surface area (Å²) in [7, 11) is -3.32. The minimum absolute atomic E-state index is 0.0796. The first-order valence-electron chi connectivity index (χ1n) is 5.74. The number of nitrogen functional groups attached to an aromatic ring is 1. The van der Waals surface area contributed by atoms with E-state index in [9.17, 15) is 12.8 Å². The molecule has 0 aliphatic heterocycles. The molecule has 19 heavy (non-hydrogen) atoms. The van der Waals surface area contributed by atoms with Gasteiger partial charge in [-0.2, -0.15) is 0 Å². The Labute approximate surface area is 111 Å². The molecule has 0 radical (unpaired) electrons. The number of halogens is 1. The van der Waals surface area contributed by atoms with Gasteiger partial charge in [-0.1, -0.05) is 24.3 Å². The van der Waals surface area contributed by atoms with Crippen LogP contribution in [0.1, 0.15) is 11.1 Å². The fraction of sp³-hybridized carbons (Fsp3) is 0.143. The van der Waals surface area contributed by atoms with Crippen LogP contribution in [0, 0.1) is 5.82 Å². The van der Waals surface area contributed by atoms with E-state index in [1.807, 2.05) is 0 Å². The summed E-state index contributed by atoms with van der Waals surface area (Å²) in [4.78, 5) is 0. The summed E-state index contributed by atoms with van der Waals surface area (Å²) in [6.07, 6.45) is 0. The molecule has 0 aliphatic carbocycles. The highest BCUT2D eigenvalue weighted by Gasteiger charge is 2.13. The Morgan fingerprint density at radius 1 is 0.947 bits per heavy atom. The Balaban J connectivity index is 2.13. The number of hydrogen-bond donors (Lipinski definition) is 1. The van der Waals surface area contributed by atoms with Gasteiger partial charge in [0.1, 0.15) is 5.82 Å². The summed E-state index contributed by atoms with van der Waals surface area (Å²) in [6, 6.07) is 12.3. The van der Waals surface area contributed by atoms with Crippen LogP contribution in [0.5, 0.6) is 0 Å². The van der Waals surface area contributed by atoms with Gasteiger partial charge in [-0.3, -0.25) is 0 Å². The van der Waals surface area contributed by atoms with E-state index < -0.39 is 15.7 Å². The summed E-state index contributed by atoms with van der Waals surface area (Å²) in [5.74, 6) is -0.681. The van der Waals surface area contributed by atoms with E-state index >= 15 is 0 Å². The molecule has 0 spiro atoms. The molecule has 0 bridgehead atoms. The molecule has 0 saturated heterocycles. The molecule has 0 unspecified atom stereocenters. The predicted molar refractivity (Wildman–Crippen MR) is 73.6 cm³/mol. The summed E-state index contributed by atoms with van der Waals surface area (Å²) in [5.41, 5.74) is 7.25. The van der Waals surface area contributed by atoms with E-state index in [1.54, 1.807) is 30.3 Å². The first-order chi connectivity index (χ1) is 8.94. The third kappa shape index (κ3) is 4.06. The van der Waals surface area contributed by atoms with Crippen molar-refractivity contribution in [1.82, 2.24) is 0 Å². The zero-order chi connectivity index (χ0) is 13.9. The lowest BCUT2D eigenvalue weighted by atomic mass is 10.2.